The minimum Gasteiger partial charge on any atom is -0.464 e. The lowest BCUT2D eigenvalue weighted by Crippen LogP contribution is -2.30. The predicted molar refractivity (Wildman–Crippen MR) is 122 cm³/mol. The Kier molecular flexibility index (Phi) is 8.53. The Hall–Kier alpha value is -2.42. The number of aromatic nitrogens is 4. The van der Waals surface area contributed by atoms with Crippen LogP contribution in [-0.4, -0.2) is 78.3 Å². The smallest absolute Gasteiger partial charge is 0.413 e. The number of halogens is 2. The van der Waals surface area contributed by atoms with Crippen molar-refractivity contribution < 1.29 is 47.3 Å². The summed E-state index contributed by atoms with van der Waals surface area (Å²) in [6.45, 7) is 5.88. The zero-order chi connectivity index (χ0) is 26.8. The third-order valence-corrected chi connectivity index (χ3v) is 5.79. The number of alkyl halides is 1. The van der Waals surface area contributed by atoms with Crippen molar-refractivity contribution in [2.75, 3.05) is 18.5 Å². The normalized spacial score (nSPS) is 21.4. The quantitative estimate of drug-likeness (QED) is 0.247. The van der Waals surface area contributed by atoms with Gasteiger partial charge < -0.3 is 28.7 Å². The fourth-order valence-corrected chi connectivity index (χ4v) is 4.12. The summed E-state index contributed by atoms with van der Waals surface area (Å²) in [4.78, 5) is 54.9. The van der Waals surface area contributed by atoms with Crippen LogP contribution in [0.4, 0.5) is 15.0 Å². The van der Waals surface area contributed by atoms with Crippen molar-refractivity contribution in [3.8, 4) is 0 Å². The second-order valence-corrected chi connectivity index (χ2v) is 10.7. The Morgan fingerprint density at radius 2 is 2.08 bits per heavy atom. The first kappa shape index (κ1) is 28.2. The number of carbonyl (C=O) groups is 2. The summed E-state index contributed by atoms with van der Waals surface area (Å²) in [6, 6.07) is 0. The number of nitrogens with one attached hydrogen (secondary N) is 1. The van der Waals surface area contributed by atoms with Gasteiger partial charge in [0.05, 0.1) is 25.6 Å². The van der Waals surface area contributed by atoms with Crippen LogP contribution in [0.25, 0.3) is 11.2 Å². The highest BCUT2D eigenvalue weighted by molar-refractivity contribution is 7.53. The van der Waals surface area contributed by atoms with Gasteiger partial charge in [-0.05, 0) is 39.3 Å². The first-order valence-electron chi connectivity index (χ1n) is 10.7. The number of carbonyl (C=O) groups excluding carboxylic acids is 2. The fourth-order valence-electron chi connectivity index (χ4n) is 3.33. The Bertz CT molecular complexity index is 1170. The molecule has 1 amide bonds. The van der Waals surface area contributed by atoms with Crippen LogP contribution in [0.3, 0.4) is 0 Å². The van der Waals surface area contributed by atoms with E-state index in [0.29, 0.717) is 0 Å². The molecule has 0 radical (unpaired) electrons. The first-order valence-corrected chi connectivity index (χ1v) is 12.8. The molecule has 1 aliphatic heterocycles. The number of imidazole rings is 1. The van der Waals surface area contributed by atoms with E-state index in [1.807, 2.05) is 0 Å². The van der Waals surface area contributed by atoms with Gasteiger partial charge in [-0.15, -0.1) is 0 Å². The topological polar surface area (TPSA) is 184 Å². The fraction of sp³-hybridized carbons (Fsp3) is 0.632. The van der Waals surface area contributed by atoms with E-state index in [4.69, 9.17) is 25.8 Å². The van der Waals surface area contributed by atoms with Crippen LogP contribution in [0.2, 0.25) is 5.28 Å². The van der Waals surface area contributed by atoms with Crippen molar-refractivity contribution in [3.05, 3.63) is 11.6 Å². The highest BCUT2D eigenvalue weighted by atomic mass is 35.5. The second-order valence-electron chi connectivity index (χ2n) is 8.72. The Morgan fingerprint density at radius 1 is 1.39 bits per heavy atom. The molecule has 0 spiro atoms. The van der Waals surface area contributed by atoms with Gasteiger partial charge in [0, 0.05) is 6.42 Å². The lowest BCUT2D eigenvalue weighted by atomic mass is 10.2. The van der Waals surface area contributed by atoms with Crippen LogP contribution in [0.5, 0.6) is 0 Å². The molecule has 4 atom stereocenters. The third kappa shape index (κ3) is 6.87. The molecule has 0 aliphatic carbocycles. The molecule has 2 aromatic rings. The zero-order valence-corrected chi connectivity index (χ0v) is 21.4. The lowest BCUT2D eigenvalue weighted by Gasteiger charge is -2.20. The molecule has 0 saturated carbocycles. The molecule has 1 aliphatic rings. The summed E-state index contributed by atoms with van der Waals surface area (Å²) in [5, 5.41) is 2.17. The average Bonchev–Trinajstić information content (AvgIpc) is 3.28. The average molecular weight is 554 g/mol. The summed E-state index contributed by atoms with van der Waals surface area (Å²) in [5.74, 6) is -3.47. The number of esters is 1. The zero-order valence-electron chi connectivity index (χ0n) is 19.8. The largest absolute Gasteiger partial charge is 0.464 e. The molecule has 3 N–H and O–H groups in total. The van der Waals surface area contributed by atoms with Gasteiger partial charge in [-0.2, -0.15) is 9.97 Å². The molecule has 1 fully saturated rings. The Balaban J connectivity index is 1.77. The molecule has 0 bridgehead atoms. The van der Waals surface area contributed by atoms with E-state index in [0.717, 1.165) is 0 Å². The van der Waals surface area contributed by atoms with Crippen molar-refractivity contribution in [2.45, 2.75) is 64.1 Å². The van der Waals surface area contributed by atoms with E-state index in [-0.39, 0.29) is 35.3 Å². The summed E-state index contributed by atoms with van der Waals surface area (Å²) >= 11 is 6.00. The maximum absolute atomic E-state index is 14.9. The summed E-state index contributed by atoms with van der Waals surface area (Å²) in [5.41, 5.74) is -0.638. The number of amides is 1. The molecule has 14 nitrogen and oxygen atoms in total. The van der Waals surface area contributed by atoms with Crippen LogP contribution in [0.1, 0.15) is 40.3 Å². The van der Waals surface area contributed by atoms with Gasteiger partial charge in [0.1, 0.15) is 11.8 Å². The monoisotopic (exact) mass is 553 g/mol. The van der Waals surface area contributed by atoms with E-state index >= 15 is 0 Å². The van der Waals surface area contributed by atoms with Crippen molar-refractivity contribution >= 4 is 48.2 Å². The van der Waals surface area contributed by atoms with Gasteiger partial charge in [0.15, 0.2) is 23.2 Å². The van der Waals surface area contributed by atoms with Gasteiger partial charge in [0.2, 0.25) is 5.28 Å². The number of hydrogen-bond acceptors (Lipinski definition) is 10. The van der Waals surface area contributed by atoms with Gasteiger partial charge in [-0.25, -0.2) is 19.0 Å². The van der Waals surface area contributed by atoms with Gasteiger partial charge >= 0.3 is 19.7 Å². The predicted octanol–water partition coefficient (Wildman–Crippen LogP) is 2.54. The molecule has 3 heterocycles. The summed E-state index contributed by atoms with van der Waals surface area (Å²) in [7, 11) is -5.00. The molecule has 17 heteroatoms. The molecular formula is C19H26ClFN5O9P. The molecule has 3 rings (SSSR count). The number of rotatable bonds is 8. The molecule has 36 heavy (non-hydrogen) atoms. The van der Waals surface area contributed by atoms with E-state index in [2.05, 4.69) is 25.0 Å². The van der Waals surface area contributed by atoms with Crippen LogP contribution >= 0.6 is 19.2 Å². The minimum atomic E-state index is -5.00. The number of ether oxygens (including phenoxy) is 4. The van der Waals surface area contributed by atoms with Crippen molar-refractivity contribution in [3.63, 3.8) is 0 Å². The molecule has 0 unspecified atom stereocenters. The molecule has 2 aromatic heterocycles. The van der Waals surface area contributed by atoms with Crippen molar-refractivity contribution in [1.82, 2.24) is 19.5 Å². The van der Waals surface area contributed by atoms with Crippen LogP contribution in [-0.2, 0) is 28.3 Å². The van der Waals surface area contributed by atoms with Crippen LogP contribution < -0.4 is 5.32 Å². The van der Waals surface area contributed by atoms with Crippen molar-refractivity contribution in [2.24, 2.45) is 0 Å². The third-order valence-electron chi connectivity index (χ3n) is 4.65. The maximum Gasteiger partial charge on any atom is 0.413 e. The summed E-state index contributed by atoms with van der Waals surface area (Å²) in [6.07, 6.45) is -3.66. The van der Waals surface area contributed by atoms with E-state index in [1.54, 1.807) is 20.8 Å². The second kappa shape index (κ2) is 10.9. The van der Waals surface area contributed by atoms with E-state index < -0.39 is 56.2 Å². The minimum absolute atomic E-state index is 0.0508. The Morgan fingerprint density at radius 3 is 2.69 bits per heavy atom. The first-order chi connectivity index (χ1) is 16.7. The maximum atomic E-state index is 14.9. The van der Waals surface area contributed by atoms with Gasteiger partial charge in [-0.3, -0.25) is 14.4 Å². The Labute approximate surface area is 209 Å². The van der Waals surface area contributed by atoms with E-state index in [9.17, 15) is 28.3 Å². The molecule has 0 aromatic carbocycles. The lowest BCUT2D eigenvalue weighted by molar-refractivity contribution is -0.154. The van der Waals surface area contributed by atoms with Crippen LogP contribution in [0, 0.1) is 0 Å². The summed E-state index contributed by atoms with van der Waals surface area (Å²) < 4.78 is 48.3. The number of hydrogen-bond donors (Lipinski definition) is 3. The highest BCUT2D eigenvalue weighted by Crippen LogP contribution is 2.43. The number of fused-ring (bicyclic) bond motifs is 1. The van der Waals surface area contributed by atoms with Crippen LogP contribution in [0.15, 0.2) is 6.33 Å². The van der Waals surface area contributed by atoms with Gasteiger partial charge in [-0.1, -0.05) is 0 Å². The molecule has 200 valence electrons. The van der Waals surface area contributed by atoms with E-state index in [1.165, 1.54) is 17.8 Å². The molecular weight excluding hydrogens is 528 g/mol. The highest BCUT2D eigenvalue weighted by Gasteiger charge is 2.42. The van der Waals surface area contributed by atoms with Gasteiger partial charge in [0.25, 0.3) is 5.85 Å². The SMILES string of the molecule is CCOC(=O)[C@@H](OC[C@@H]1C[C@H](F)[C@H](n2cnc3c(NC(=O)OC(C)(C)C)nc(Cl)nc32)O1)P(=O)(O)O. The number of nitrogens with zero attached hydrogens (tertiary/aromatic N) is 4. The standard InChI is InChI=1S/C19H26ClFN5O9P/c1-5-32-15(27)16(36(29,30)31)33-7-9-6-10(21)14(34-9)26-8-22-11-12(23-17(20)25-13(11)26)24-18(28)35-19(2,3)4/h8-10,14,16H,5-7H2,1-4H3,(H2,29,30,31)(H,23,24,25,28)/t9-,10-,14+,16-/m0/s1. The molecule has 1 saturated heterocycles. The van der Waals surface area contributed by atoms with Crippen molar-refractivity contribution in [1.29, 1.82) is 0 Å². The number of anilines is 1.